The van der Waals surface area contributed by atoms with Crippen LogP contribution in [0.2, 0.25) is 0 Å². The van der Waals surface area contributed by atoms with Gasteiger partial charge in [0.05, 0.1) is 6.61 Å². The third kappa shape index (κ3) is 2.63. The highest BCUT2D eigenvalue weighted by Crippen LogP contribution is 2.46. The van der Waals surface area contributed by atoms with Crippen molar-refractivity contribution >= 4 is 0 Å². The minimum atomic E-state index is 0.0723. The molecule has 0 saturated heterocycles. The molecule has 1 aromatic carbocycles. The molecule has 0 radical (unpaired) electrons. The number of hydrogen-bond acceptors (Lipinski definition) is 3. The Morgan fingerprint density at radius 2 is 2.00 bits per heavy atom. The number of phenolic OH excluding ortho intramolecular Hbond substituents is 1. The summed E-state index contributed by atoms with van der Waals surface area (Å²) in [5.41, 5.74) is 3.55. The lowest BCUT2D eigenvalue weighted by Gasteiger charge is -2.25. The maximum absolute atomic E-state index is 10.2. The maximum Gasteiger partial charge on any atom is 0.120 e. The average molecular weight is 263 g/mol. The molecular formula is C16H25NO2. The molecule has 2 rings (SSSR count). The van der Waals surface area contributed by atoms with Crippen LogP contribution in [0.5, 0.6) is 5.75 Å². The van der Waals surface area contributed by atoms with Crippen LogP contribution in [0.4, 0.5) is 0 Å². The van der Waals surface area contributed by atoms with E-state index in [1.54, 1.807) is 6.07 Å². The van der Waals surface area contributed by atoms with Crippen LogP contribution in [0.15, 0.2) is 12.1 Å². The number of benzene rings is 1. The van der Waals surface area contributed by atoms with Gasteiger partial charge in [-0.05, 0) is 42.4 Å². The Morgan fingerprint density at radius 3 is 2.58 bits per heavy atom. The van der Waals surface area contributed by atoms with Crippen LogP contribution < -0.4 is 5.32 Å². The van der Waals surface area contributed by atoms with Crippen molar-refractivity contribution in [2.24, 2.45) is 5.92 Å². The molecule has 1 aromatic rings. The van der Waals surface area contributed by atoms with Crippen molar-refractivity contribution in [3.8, 4) is 5.75 Å². The van der Waals surface area contributed by atoms with E-state index < -0.39 is 0 Å². The van der Waals surface area contributed by atoms with Crippen molar-refractivity contribution in [3.63, 3.8) is 0 Å². The standard InChI is InChI=1S/C16H25NO2/c1-9(2)13(8-18)17-12-7-11(4)15-10(3)5-6-14(19)16(12)15/h5-6,9,11-13,17-19H,7-8H2,1-4H3/t11?,12?,13-/m1/s1. The molecule has 0 aliphatic heterocycles. The fourth-order valence-electron chi connectivity index (χ4n) is 3.21. The van der Waals surface area contributed by atoms with Gasteiger partial charge in [-0.25, -0.2) is 0 Å². The molecule has 0 heterocycles. The predicted molar refractivity (Wildman–Crippen MR) is 77.5 cm³/mol. The van der Waals surface area contributed by atoms with Gasteiger partial charge in [-0.3, -0.25) is 0 Å². The SMILES string of the molecule is Cc1ccc(O)c2c1C(C)CC2N[C@H](CO)C(C)C. The number of nitrogens with one attached hydrogen (secondary N) is 1. The van der Waals surface area contributed by atoms with E-state index in [0.717, 1.165) is 12.0 Å². The highest BCUT2D eigenvalue weighted by atomic mass is 16.3. The Hall–Kier alpha value is -1.06. The van der Waals surface area contributed by atoms with E-state index in [1.807, 2.05) is 6.07 Å². The van der Waals surface area contributed by atoms with Crippen molar-refractivity contribution in [1.29, 1.82) is 0 Å². The molecule has 0 fully saturated rings. The molecule has 0 saturated carbocycles. The molecule has 19 heavy (non-hydrogen) atoms. The Labute approximate surface area is 115 Å². The second-order valence-electron chi connectivity index (χ2n) is 6.12. The van der Waals surface area contributed by atoms with Gasteiger partial charge in [0.25, 0.3) is 0 Å². The molecular weight excluding hydrogens is 238 g/mol. The molecule has 2 unspecified atom stereocenters. The van der Waals surface area contributed by atoms with Gasteiger partial charge in [-0.2, -0.15) is 0 Å². The van der Waals surface area contributed by atoms with E-state index in [2.05, 4.69) is 33.0 Å². The van der Waals surface area contributed by atoms with Crippen molar-refractivity contribution < 1.29 is 10.2 Å². The van der Waals surface area contributed by atoms with E-state index in [4.69, 9.17) is 0 Å². The molecule has 0 bridgehead atoms. The van der Waals surface area contributed by atoms with Gasteiger partial charge >= 0.3 is 0 Å². The topological polar surface area (TPSA) is 52.5 Å². The van der Waals surface area contributed by atoms with Crippen LogP contribution in [-0.4, -0.2) is 22.9 Å². The smallest absolute Gasteiger partial charge is 0.120 e. The quantitative estimate of drug-likeness (QED) is 0.783. The largest absolute Gasteiger partial charge is 0.508 e. The summed E-state index contributed by atoms with van der Waals surface area (Å²) in [5.74, 6) is 1.20. The highest BCUT2D eigenvalue weighted by Gasteiger charge is 2.33. The van der Waals surface area contributed by atoms with Crippen LogP contribution in [0.25, 0.3) is 0 Å². The molecule has 3 nitrogen and oxygen atoms in total. The van der Waals surface area contributed by atoms with Crippen molar-refractivity contribution in [2.75, 3.05) is 6.61 Å². The van der Waals surface area contributed by atoms with E-state index in [9.17, 15) is 10.2 Å². The predicted octanol–water partition coefficient (Wildman–Crippen LogP) is 2.86. The van der Waals surface area contributed by atoms with Gasteiger partial charge in [-0.15, -0.1) is 0 Å². The molecule has 1 aliphatic rings. The van der Waals surface area contributed by atoms with E-state index >= 15 is 0 Å². The lowest BCUT2D eigenvalue weighted by atomic mass is 9.97. The van der Waals surface area contributed by atoms with Gasteiger partial charge in [0.1, 0.15) is 5.75 Å². The minimum absolute atomic E-state index is 0.0723. The third-order valence-corrected chi connectivity index (χ3v) is 4.33. The number of aromatic hydroxyl groups is 1. The lowest BCUT2D eigenvalue weighted by Crippen LogP contribution is -2.39. The molecule has 106 valence electrons. The zero-order valence-corrected chi connectivity index (χ0v) is 12.3. The maximum atomic E-state index is 10.2. The lowest BCUT2D eigenvalue weighted by molar-refractivity contribution is 0.197. The molecule has 0 spiro atoms. The summed E-state index contributed by atoms with van der Waals surface area (Å²) in [5, 5.41) is 23.1. The van der Waals surface area contributed by atoms with Gasteiger partial charge < -0.3 is 15.5 Å². The molecule has 1 aliphatic carbocycles. The highest BCUT2D eigenvalue weighted by molar-refractivity contribution is 5.50. The Balaban J connectivity index is 2.31. The number of aliphatic hydroxyl groups is 1. The number of phenols is 1. The van der Waals surface area contributed by atoms with Gasteiger partial charge in [0, 0.05) is 17.6 Å². The number of aliphatic hydroxyl groups excluding tert-OH is 1. The van der Waals surface area contributed by atoms with Crippen molar-refractivity contribution in [2.45, 2.75) is 52.1 Å². The third-order valence-electron chi connectivity index (χ3n) is 4.33. The second-order valence-corrected chi connectivity index (χ2v) is 6.12. The zero-order chi connectivity index (χ0) is 14.2. The number of hydrogen-bond donors (Lipinski definition) is 3. The zero-order valence-electron chi connectivity index (χ0n) is 12.3. The van der Waals surface area contributed by atoms with E-state index in [0.29, 0.717) is 17.6 Å². The fourth-order valence-corrected chi connectivity index (χ4v) is 3.21. The average Bonchev–Trinajstić information content (AvgIpc) is 2.68. The number of rotatable bonds is 4. The first-order valence-corrected chi connectivity index (χ1v) is 7.15. The summed E-state index contributed by atoms with van der Waals surface area (Å²) in [6.45, 7) is 8.64. The molecule has 0 aromatic heterocycles. The first-order chi connectivity index (χ1) is 8.95. The summed E-state index contributed by atoms with van der Waals surface area (Å²) < 4.78 is 0. The van der Waals surface area contributed by atoms with Gasteiger partial charge in [-0.1, -0.05) is 26.8 Å². The van der Waals surface area contributed by atoms with Gasteiger partial charge in [0.2, 0.25) is 0 Å². The van der Waals surface area contributed by atoms with Crippen LogP contribution in [-0.2, 0) is 0 Å². The molecule has 3 atom stereocenters. The fraction of sp³-hybridized carbons (Fsp3) is 0.625. The Bertz CT molecular complexity index is 456. The van der Waals surface area contributed by atoms with Crippen LogP contribution >= 0.6 is 0 Å². The van der Waals surface area contributed by atoms with E-state index in [-0.39, 0.29) is 18.7 Å². The summed E-state index contributed by atoms with van der Waals surface area (Å²) in [7, 11) is 0. The Kier molecular flexibility index (Phi) is 4.16. The Morgan fingerprint density at radius 1 is 1.32 bits per heavy atom. The minimum Gasteiger partial charge on any atom is -0.508 e. The first-order valence-electron chi connectivity index (χ1n) is 7.15. The van der Waals surface area contributed by atoms with Crippen LogP contribution in [0.3, 0.4) is 0 Å². The summed E-state index contributed by atoms with van der Waals surface area (Å²) in [4.78, 5) is 0. The van der Waals surface area contributed by atoms with Crippen molar-refractivity contribution in [1.82, 2.24) is 5.32 Å². The number of fused-ring (bicyclic) bond motifs is 1. The molecule has 0 amide bonds. The van der Waals surface area contributed by atoms with Crippen molar-refractivity contribution in [3.05, 3.63) is 28.8 Å². The monoisotopic (exact) mass is 263 g/mol. The van der Waals surface area contributed by atoms with Gasteiger partial charge in [0.15, 0.2) is 0 Å². The molecule has 3 heteroatoms. The first kappa shape index (κ1) is 14.4. The number of aryl methyl sites for hydroxylation is 1. The normalized spacial score (nSPS) is 23.7. The summed E-state index contributed by atoms with van der Waals surface area (Å²) in [6, 6.07) is 3.98. The second kappa shape index (κ2) is 5.51. The molecule has 3 N–H and O–H groups in total. The van der Waals surface area contributed by atoms with Crippen LogP contribution in [0.1, 0.15) is 55.8 Å². The van der Waals surface area contributed by atoms with Crippen LogP contribution in [0, 0.1) is 12.8 Å². The van der Waals surface area contributed by atoms with E-state index in [1.165, 1.54) is 11.1 Å². The summed E-state index contributed by atoms with van der Waals surface area (Å²) >= 11 is 0. The summed E-state index contributed by atoms with van der Waals surface area (Å²) in [6.07, 6.45) is 0.983.